The minimum Gasteiger partial charge on any atom is -0.383 e. The van der Waals surface area contributed by atoms with Crippen LogP contribution in [0.1, 0.15) is 30.5 Å². The van der Waals surface area contributed by atoms with Crippen molar-refractivity contribution in [1.29, 1.82) is 0 Å². The Kier molecular flexibility index (Phi) is 7.26. The Hall–Kier alpha value is -3.66. The number of halogens is 1. The van der Waals surface area contributed by atoms with Gasteiger partial charge in [-0.15, -0.1) is 0 Å². The number of nitro groups is 1. The molecule has 1 atom stereocenters. The lowest BCUT2D eigenvalue weighted by Gasteiger charge is -2.26. The van der Waals surface area contributed by atoms with Crippen molar-refractivity contribution in [2.24, 2.45) is 5.10 Å². The van der Waals surface area contributed by atoms with Gasteiger partial charge in [0.2, 0.25) is 5.91 Å². The third-order valence-corrected chi connectivity index (χ3v) is 5.15. The van der Waals surface area contributed by atoms with Crippen molar-refractivity contribution in [3.05, 3.63) is 75.6 Å². The maximum Gasteiger partial charge on any atom is 0.269 e. The van der Waals surface area contributed by atoms with E-state index in [9.17, 15) is 24.1 Å². The number of benzene rings is 2. The SMILES string of the molecule is COCCN(CC(=O)N1N=C(c2ccc(F)cc2)CC1c1cccc([N+](=O)[O-])c1)C(C)=O. The number of hydrazone groups is 1. The number of hydrogen-bond acceptors (Lipinski definition) is 6. The van der Waals surface area contributed by atoms with Crippen molar-refractivity contribution in [3.63, 3.8) is 0 Å². The third-order valence-electron chi connectivity index (χ3n) is 5.15. The molecule has 2 aromatic rings. The zero-order valence-corrected chi connectivity index (χ0v) is 17.7. The van der Waals surface area contributed by atoms with Crippen LogP contribution in [0, 0.1) is 15.9 Å². The molecule has 0 saturated heterocycles. The number of carbonyl (C=O) groups is 2. The lowest BCUT2D eigenvalue weighted by molar-refractivity contribution is -0.385. The van der Waals surface area contributed by atoms with Gasteiger partial charge in [-0.3, -0.25) is 19.7 Å². The highest BCUT2D eigenvalue weighted by molar-refractivity contribution is 6.03. The lowest BCUT2D eigenvalue weighted by atomic mass is 9.98. The molecule has 0 saturated carbocycles. The molecule has 10 heteroatoms. The number of ether oxygens (including phenoxy) is 1. The van der Waals surface area contributed by atoms with Crippen LogP contribution in [0.2, 0.25) is 0 Å². The minimum absolute atomic E-state index is 0.101. The molecule has 0 aliphatic carbocycles. The first kappa shape index (κ1) is 23.0. The molecule has 1 aliphatic heterocycles. The Bertz CT molecular complexity index is 1040. The Morgan fingerprint density at radius 2 is 2.00 bits per heavy atom. The quantitative estimate of drug-likeness (QED) is 0.462. The van der Waals surface area contributed by atoms with Gasteiger partial charge in [-0.2, -0.15) is 5.10 Å². The maximum atomic E-state index is 13.3. The predicted octanol–water partition coefficient (Wildman–Crippen LogP) is 2.91. The predicted molar refractivity (Wildman–Crippen MR) is 114 cm³/mol. The van der Waals surface area contributed by atoms with E-state index in [2.05, 4.69) is 5.10 Å². The summed E-state index contributed by atoms with van der Waals surface area (Å²) in [6.07, 6.45) is 0.288. The molecule has 1 unspecified atom stereocenters. The molecule has 32 heavy (non-hydrogen) atoms. The summed E-state index contributed by atoms with van der Waals surface area (Å²) in [6, 6.07) is 11.1. The summed E-state index contributed by atoms with van der Waals surface area (Å²) >= 11 is 0. The molecular formula is C22H23FN4O5. The number of nitro benzene ring substituents is 1. The number of amides is 2. The summed E-state index contributed by atoms with van der Waals surface area (Å²) in [6.45, 7) is 1.65. The monoisotopic (exact) mass is 442 g/mol. The summed E-state index contributed by atoms with van der Waals surface area (Å²) in [5.41, 5.74) is 1.62. The van der Waals surface area contributed by atoms with E-state index in [4.69, 9.17) is 4.74 Å². The van der Waals surface area contributed by atoms with Crippen LogP contribution in [-0.2, 0) is 14.3 Å². The molecule has 2 amide bonds. The van der Waals surface area contributed by atoms with Crippen molar-refractivity contribution in [2.45, 2.75) is 19.4 Å². The van der Waals surface area contributed by atoms with Crippen LogP contribution in [-0.4, -0.2) is 59.2 Å². The highest BCUT2D eigenvalue weighted by Crippen LogP contribution is 2.34. The summed E-state index contributed by atoms with van der Waals surface area (Å²) in [4.78, 5) is 37.2. The second-order valence-corrected chi connectivity index (χ2v) is 7.30. The fraction of sp³-hybridized carbons (Fsp3) is 0.318. The van der Waals surface area contributed by atoms with E-state index in [1.807, 2.05) is 0 Å². The lowest BCUT2D eigenvalue weighted by Crippen LogP contribution is -2.41. The standard InChI is InChI=1S/C22H23FN4O5/c1-15(28)25(10-11-32-2)14-22(29)26-21(17-4-3-5-19(12-17)27(30)31)13-20(24-26)16-6-8-18(23)9-7-16/h3-9,12,21H,10-11,13-14H2,1-2H3. The molecule has 0 bridgehead atoms. The van der Waals surface area contributed by atoms with Crippen LogP contribution >= 0.6 is 0 Å². The Balaban J connectivity index is 1.93. The molecule has 0 fully saturated rings. The van der Waals surface area contributed by atoms with Gasteiger partial charge < -0.3 is 9.64 Å². The van der Waals surface area contributed by atoms with Crippen molar-refractivity contribution < 1.29 is 23.6 Å². The number of methoxy groups -OCH3 is 1. The molecule has 1 aliphatic rings. The Morgan fingerprint density at radius 1 is 1.28 bits per heavy atom. The van der Waals surface area contributed by atoms with Crippen LogP contribution in [0.4, 0.5) is 10.1 Å². The number of rotatable bonds is 8. The van der Waals surface area contributed by atoms with Gasteiger partial charge in [0, 0.05) is 39.1 Å². The Morgan fingerprint density at radius 3 is 2.62 bits per heavy atom. The minimum atomic E-state index is -0.598. The number of non-ortho nitro benzene ring substituents is 1. The van der Waals surface area contributed by atoms with Gasteiger partial charge in [0.1, 0.15) is 12.4 Å². The van der Waals surface area contributed by atoms with E-state index in [1.54, 1.807) is 24.3 Å². The molecule has 2 aromatic carbocycles. The molecule has 0 aromatic heterocycles. The van der Waals surface area contributed by atoms with Gasteiger partial charge in [0.25, 0.3) is 11.6 Å². The van der Waals surface area contributed by atoms with Gasteiger partial charge in [0.05, 0.1) is 23.3 Å². The molecule has 0 N–H and O–H groups in total. The summed E-state index contributed by atoms with van der Waals surface area (Å²) < 4.78 is 18.3. The first-order valence-electron chi connectivity index (χ1n) is 9.94. The smallest absolute Gasteiger partial charge is 0.269 e. The van der Waals surface area contributed by atoms with Crippen LogP contribution in [0.25, 0.3) is 0 Å². The molecule has 168 valence electrons. The van der Waals surface area contributed by atoms with Crippen molar-refractivity contribution in [3.8, 4) is 0 Å². The van der Waals surface area contributed by atoms with Gasteiger partial charge >= 0.3 is 0 Å². The van der Waals surface area contributed by atoms with Gasteiger partial charge in [-0.05, 0) is 23.3 Å². The summed E-state index contributed by atoms with van der Waals surface area (Å²) in [7, 11) is 1.50. The summed E-state index contributed by atoms with van der Waals surface area (Å²) in [5, 5.41) is 16.9. The first-order valence-corrected chi connectivity index (χ1v) is 9.94. The molecular weight excluding hydrogens is 419 g/mol. The van der Waals surface area contributed by atoms with Crippen LogP contribution < -0.4 is 0 Å². The van der Waals surface area contributed by atoms with E-state index >= 15 is 0 Å². The Labute approximate surface area is 184 Å². The molecule has 3 rings (SSSR count). The van der Waals surface area contributed by atoms with Gasteiger partial charge in [-0.25, -0.2) is 9.40 Å². The average molecular weight is 442 g/mol. The summed E-state index contributed by atoms with van der Waals surface area (Å²) in [5.74, 6) is -1.13. The van der Waals surface area contributed by atoms with E-state index in [-0.39, 0.29) is 37.7 Å². The van der Waals surface area contributed by atoms with Crippen LogP contribution in [0.3, 0.4) is 0 Å². The van der Waals surface area contributed by atoms with Gasteiger partial charge in [0.15, 0.2) is 0 Å². The van der Waals surface area contributed by atoms with Crippen LogP contribution in [0.5, 0.6) is 0 Å². The van der Waals surface area contributed by atoms with Crippen molar-refractivity contribution in [1.82, 2.24) is 9.91 Å². The number of hydrogen-bond donors (Lipinski definition) is 0. The van der Waals surface area contributed by atoms with E-state index in [0.717, 1.165) is 0 Å². The topological polar surface area (TPSA) is 105 Å². The van der Waals surface area contributed by atoms with E-state index < -0.39 is 22.7 Å². The highest BCUT2D eigenvalue weighted by atomic mass is 19.1. The van der Waals surface area contributed by atoms with Crippen molar-refractivity contribution >= 4 is 23.2 Å². The second kappa shape index (κ2) is 10.1. The molecule has 0 spiro atoms. The van der Waals surface area contributed by atoms with E-state index in [0.29, 0.717) is 16.8 Å². The second-order valence-electron chi connectivity index (χ2n) is 7.30. The average Bonchev–Trinajstić information content (AvgIpc) is 3.22. The zero-order valence-electron chi connectivity index (χ0n) is 17.7. The zero-order chi connectivity index (χ0) is 23.3. The molecule has 9 nitrogen and oxygen atoms in total. The first-order chi connectivity index (χ1) is 15.3. The number of carbonyl (C=O) groups excluding carboxylic acids is 2. The molecule has 1 heterocycles. The molecule has 0 radical (unpaired) electrons. The normalized spacial score (nSPS) is 15.4. The fourth-order valence-corrected chi connectivity index (χ4v) is 3.45. The maximum absolute atomic E-state index is 13.3. The largest absolute Gasteiger partial charge is 0.383 e. The van der Waals surface area contributed by atoms with E-state index in [1.165, 1.54) is 48.2 Å². The van der Waals surface area contributed by atoms with Crippen LogP contribution in [0.15, 0.2) is 53.6 Å². The fourth-order valence-electron chi connectivity index (χ4n) is 3.45. The number of nitrogens with zero attached hydrogens (tertiary/aromatic N) is 4. The van der Waals surface area contributed by atoms with Gasteiger partial charge in [-0.1, -0.05) is 24.3 Å². The van der Waals surface area contributed by atoms with Crippen molar-refractivity contribution in [2.75, 3.05) is 26.8 Å². The third kappa shape index (κ3) is 5.33. The highest BCUT2D eigenvalue weighted by Gasteiger charge is 2.34.